The van der Waals surface area contributed by atoms with Crippen molar-refractivity contribution in [3.8, 4) is 17.0 Å². The molecule has 0 atom stereocenters. The zero-order valence-corrected chi connectivity index (χ0v) is 21.3. The van der Waals surface area contributed by atoms with Gasteiger partial charge in [0.05, 0.1) is 19.3 Å². The second-order valence-electron chi connectivity index (χ2n) is 10.2. The molecule has 0 spiro atoms. The molecule has 0 saturated carbocycles. The number of H-pyrrole nitrogens is 1. The zero-order valence-electron chi connectivity index (χ0n) is 21.3. The molecule has 4 heterocycles. The number of aromatic amines is 1. The molecule has 5 rings (SSSR count). The molecule has 1 fully saturated rings. The molecule has 1 saturated heterocycles. The van der Waals surface area contributed by atoms with E-state index < -0.39 is 0 Å². The summed E-state index contributed by atoms with van der Waals surface area (Å²) in [5.41, 5.74) is 6.93. The molecule has 1 aliphatic rings. The van der Waals surface area contributed by atoms with E-state index in [4.69, 9.17) is 4.74 Å². The van der Waals surface area contributed by atoms with Gasteiger partial charge in [0.1, 0.15) is 0 Å². The molecule has 7 nitrogen and oxygen atoms in total. The van der Waals surface area contributed by atoms with E-state index in [9.17, 15) is 4.79 Å². The van der Waals surface area contributed by atoms with E-state index in [0.717, 1.165) is 54.1 Å². The van der Waals surface area contributed by atoms with Gasteiger partial charge in [-0.3, -0.25) is 9.69 Å². The van der Waals surface area contributed by atoms with Gasteiger partial charge >= 0.3 is 0 Å². The summed E-state index contributed by atoms with van der Waals surface area (Å²) in [7, 11) is 5.34. The summed E-state index contributed by atoms with van der Waals surface area (Å²) < 4.78 is 7.66. The molecule has 1 amide bonds. The van der Waals surface area contributed by atoms with Crippen molar-refractivity contribution >= 4 is 22.5 Å². The topological polar surface area (TPSA) is 65.9 Å². The molecule has 0 radical (unpaired) electrons. The first-order valence-corrected chi connectivity index (χ1v) is 12.4. The van der Waals surface area contributed by atoms with E-state index in [1.807, 2.05) is 24.7 Å². The number of aromatic nitrogens is 3. The molecule has 3 aromatic heterocycles. The summed E-state index contributed by atoms with van der Waals surface area (Å²) in [6.07, 6.45) is 8.02. The van der Waals surface area contributed by atoms with Gasteiger partial charge in [0.2, 0.25) is 5.91 Å². The van der Waals surface area contributed by atoms with Gasteiger partial charge in [0.25, 0.3) is 0 Å². The Morgan fingerprint density at radius 3 is 2.69 bits per heavy atom. The van der Waals surface area contributed by atoms with Gasteiger partial charge < -0.3 is 19.0 Å². The van der Waals surface area contributed by atoms with Gasteiger partial charge in [-0.2, -0.15) is 0 Å². The minimum Gasteiger partial charge on any atom is -0.493 e. The first-order valence-electron chi connectivity index (χ1n) is 12.4. The minimum absolute atomic E-state index is 0.178. The van der Waals surface area contributed by atoms with E-state index in [0.29, 0.717) is 18.4 Å². The molecule has 1 aromatic carbocycles. The smallest absolute Gasteiger partial charge is 0.236 e. The first kappa shape index (κ1) is 23.4. The third kappa shape index (κ3) is 4.41. The number of hydrogen-bond acceptors (Lipinski definition) is 4. The van der Waals surface area contributed by atoms with E-state index in [2.05, 4.69) is 59.2 Å². The van der Waals surface area contributed by atoms with Gasteiger partial charge in [-0.05, 0) is 67.1 Å². The number of rotatable bonds is 6. The van der Waals surface area contributed by atoms with Crippen LogP contribution in [0.15, 0.2) is 42.9 Å². The van der Waals surface area contributed by atoms with Crippen molar-refractivity contribution in [3.05, 3.63) is 54.0 Å². The lowest BCUT2D eigenvalue weighted by Gasteiger charge is -2.32. The number of piperidine rings is 1. The highest BCUT2D eigenvalue weighted by Crippen LogP contribution is 2.39. The number of amides is 1. The van der Waals surface area contributed by atoms with Crippen LogP contribution in [0.5, 0.6) is 5.75 Å². The van der Waals surface area contributed by atoms with Crippen LogP contribution in [0.2, 0.25) is 0 Å². The Bertz CT molecular complexity index is 1360. The maximum atomic E-state index is 12.1. The quantitative estimate of drug-likeness (QED) is 0.433. The summed E-state index contributed by atoms with van der Waals surface area (Å²) in [6.45, 7) is 6.95. The Kier molecular flexibility index (Phi) is 6.28. The Morgan fingerprint density at radius 1 is 1.23 bits per heavy atom. The molecule has 1 aliphatic heterocycles. The number of nitrogens with one attached hydrogen (secondary N) is 1. The number of pyridine rings is 1. The molecule has 184 valence electrons. The van der Waals surface area contributed by atoms with Gasteiger partial charge in [-0.1, -0.05) is 19.9 Å². The standard InChI is InChI=1S/C28H35N5O2/c1-18(2)26-22-14-20(19-8-11-32(12-9-19)17-25(34)31(3)4)6-7-23(22)30-27(26)21-15-24(35-5)28-29-10-13-33(28)16-21/h6-7,10,13-16,18-19,30H,8-9,11-12,17H2,1-5H3. The number of benzene rings is 1. The largest absolute Gasteiger partial charge is 0.493 e. The average molecular weight is 474 g/mol. The lowest BCUT2D eigenvalue weighted by Crippen LogP contribution is -2.40. The number of methoxy groups -OCH3 is 1. The predicted molar refractivity (Wildman–Crippen MR) is 140 cm³/mol. The average Bonchev–Trinajstić information content (AvgIpc) is 3.48. The first-order chi connectivity index (χ1) is 16.9. The summed E-state index contributed by atoms with van der Waals surface area (Å²) in [4.78, 5) is 24.2. The fourth-order valence-corrected chi connectivity index (χ4v) is 5.36. The Balaban J connectivity index is 1.47. The highest BCUT2D eigenvalue weighted by atomic mass is 16.5. The molecule has 7 heteroatoms. The molecule has 4 aromatic rings. The summed E-state index contributed by atoms with van der Waals surface area (Å²) >= 11 is 0. The molecule has 35 heavy (non-hydrogen) atoms. The Labute approximate surface area is 206 Å². The molecular formula is C28H35N5O2. The van der Waals surface area contributed by atoms with E-state index in [1.165, 1.54) is 16.5 Å². The van der Waals surface area contributed by atoms with E-state index in [-0.39, 0.29) is 5.91 Å². The van der Waals surface area contributed by atoms with Crippen molar-refractivity contribution in [2.24, 2.45) is 0 Å². The number of nitrogens with zero attached hydrogens (tertiary/aromatic N) is 4. The highest BCUT2D eigenvalue weighted by molar-refractivity contribution is 5.92. The van der Waals surface area contributed by atoms with Crippen molar-refractivity contribution in [2.45, 2.75) is 38.5 Å². The van der Waals surface area contributed by atoms with Gasteiger partial charge in [-0.15, -0.1) is 0 Å². The highest BCUT2D eigenvalue weighted by Gasteiger charge is 2.24. The fraction of sp³-hybridized carbons (Fsp3) is 0.429. The summed E-state index contributed by atoms with van der Waals surface area (Å²) in [5.74, 6) is 1.82. The molecule has 0 bridgehead atoms. The molecule has 1 N–H and O–H groups in total. The van der Waals surface area contributed by atoms with Crippen LogP contribution in [-0.4, -0.2) is 70.9 Å². The van der Waals surface area contributed by atoms with Gasteiger partial charge in [0, 0.05) is 49.2 Å². The van der Waals surface area contributed by atoms with Crippen molar-refractivity contribution in [1.29, 1.82) is 0 Å². The van der Waals surface area contributed by atoms with Crippen LogP contribution >= 0.6 is 0 Å². The maximum absolute atomic E-state index is 12.1. The van der Waals surface area contributed by atoms with Crippen LogP contribution in [0.25, 0.3) is 27.8 Å². The second-order valence-corrected chi connectivity index (χ2v) is 10.2. The van der Waals surface area contributed by atoms with E-state index in [1.54, 1.807) is 18.2 Å². The summed E-state index contributed by atoms with van der Waals surface area (Å²) in [5, 5.41) is 1.29. The van der Waals surface area contributed by atoms with Crippen LogP contribution in [0.1, 0.15) is 49.7 Å². The monoisotopic (exact) mass is 473 g/mol. The number of carbonyl (C=O) groups excluding carboxylic acids is 1. The third-order valence-electron chi connectivity index (χ3n) is 7.32. The molecule has 0 unspecified atom stereocenters. The lowest BCUT2D eigenvalue weighted by atomic mass is 9.87. The number of likely N-dealkylation sites (N-methyl/N-ethyl adjacent to an activating group) is 1. The minimum atomic E-state index is 0.178. The Morgan fingerprint density at radius 2 is 2.00 bits per heavy atom. The Hall–Kier alpha value is -3.32. The van der Waals surface area contributed by atoms with Crippen LogP contribution in [0.3, 0.4) is 0 Å². The normalized spacial score (nSPS) is 15.4. The SMILES string of the molecule is COc1cc(-c2[nH]c3ccc(C4CCN(CC(=O)N(C)C)CC4)cc3c2C(C)C)cn2ccnc12. The maximum Gasteiger partial charge on any atom is 0.236 e. The number of likely N-dealkylation sites (tertiary alicyclic amines) is 1. The summed E-state index contributed by atoms with van der Waals surface area (Å²) in [6, 6.07) is 8.97. The van der Waals surface area contributed by atoms with Crippen molar-refractivity contribution in [1.82, 2.24) is 24.2 Å². The molecule has 0 aliphatic carbocycles. The lowest BCUT2D eigenvalue weighted by molar-refractivity contribution is -0.130. The number of imidazole rings is 1. The number of ether oxygens (including phenoxy) is 1. The van der Waals surface area contributed by atoms with Crippen LogP contribution in [0, 0.1) is 0 Å². The number of hydrogen-bond donors (Lipinski definition) is 1. The van der Waals surface area contributed by atoms with Gasteiger partial charge in [-0.25, -0.2) is 4.98 Å². The van der Waals surface area contributed by atoms with Crippen molar-refractivity contribution < 1.29 is 9.53 Å². The second kappa shape index (κ2) is 9.38. The zero-order chi connectivity index (χ0) is 24.7. The fourth-order valence-electron chi connectivity index (χ4n) is 5.36. The van der Waals surface area contributed by atoms with Crippen LogP contribution in [0.4, 0.5) is 0 Å². The van der Waals surface area contributed by atoms with Crippen LogP contribution in [-0.2, 0) is 4.79 Å². The van der Waals surface area contributed by atoms with Crippen LogP contribution < -0.4 is 4.74 Å². The predicted octanol–water partition coefficient (Wildman–Crippen LogP) is 4.88. The van der Waals surface area contributed by atoms with E-state index >= 15 is 0 Å². The van der Waals surface area contributed by atoms with Crippen molar-refractivity contribution in [3.63, 3.8) is 0 Å². The van der Waals surface area contributed by atoms with Crippen molar-refractivity contribution in [2.75, 3.05) is 40.8 Å². The molecular weight excluding hydrogens is 438 g/mol. The number of fused-ring (bicyclic) bond motifs is 2. The van der Waals surface area contributed by atoms with Gasteiger partial charge in [0.15, 0.2) is 11.4 Å². The third-order valence-corrected chi connectivity index (χ3v) is 7.32. The number of carbonyl (C=O) groups is 1.